The zero-order valence-electron chi connectivity index (χ0n) is 9.99. The SMILES string of the molecule is CCn1c(Cn2nc(C)c(Br)c2C)n[nH]c1=S. The van der Waals surface area contributed by atoms with Crippen molar-refractivity contribution in [2.75, 3.05) is 0 Å². The summed E-state index contributed by atoms with van der Waals surface area (Å²) in [5.74, 6) is 0.899. The first-order valence-corrected chi connectivity index (χ1v) is 6.58. The number of halogens is 1. The number of nitrogens with one attached hydrogen (secondary N) is 1. The molecule has 0 aromatic carbocycles. The van der Waals surface area contributed by atoms with E-state index in [9.17, 15) is 0 Å². The van der Waals surface area contributed by atoms with Crippen molar-refractivity contribution in [2.45, 2.75) is 33.9 Å². The van der Waals surface area contributed by atoms with Crippen LogP contribution in [0.4, 0.5) is 0 Å². The fourth-order valence-electron chi connectivity index (χ4n) is 1.76. The molecule has 2 heterocycles. The van der Waals surface area contributed by atoms with Crippen LogP contribution in [0.5, 0.6) is 0 Å². The Morgan fingerprint density at radius 2 is 2.12 bits per heavy atom. The van der Waals surface area contributed by atoms with Crippen molar-refractivity contribution in [1.29, 1.82) is 0 Å². The topological polar surface area (TPSA) is 51.4 Å². The zero-order chi connectivity index (χ0) is 12.6. The molecular weight excluding hydrogens is 302 g/mol. The van der Waals surface area contributed by atoms with E-state index >= 15 is 0 Å². The van der Waals surface area contributed by atoms with E-state index in [4.69, 9.17) is 12.2 Å². The Morgan fingerprint density at radius 3 is 2.65 bits per heavy atom. The number of aromatic amines is 1. The summed E-state index contributed by atoms with van der Waals surface area (Å²) in [6.07, 6.45) is 0. The molecule has 2 rings (SSSR count). The predicted octanol–water partition coefficient (Wildman–Crippen LogP) is 2.58. The lowest BCUT2D eigenvalue weighted by Gasteiger charge is -2.05. The van der Waals surface area contributed by atoms with Gasteiger partial charge in [-0.25, -0.2) is 0 Å². The summed E-state index contributed by atoms with van der Waals surface area (Å²) in [6.45, 7) is 7.49. The van der Waals surface area contributed by atoms with E-state index in [0.717, 1.165) is 28.2 Å². The van der Waals surface area contributed by atoms with Crippen molar-refractivity contribution in [3.8, 4) is 0 Å². The smallest absolute Gasteiger partial charge is 0.195 e. The van der Waals surface area contributed by atoms with Gasteiger partial charge in [0.05, 0.1) is 15.9 Å². The molecule has 2 aromatic rings. The van der Waals surface area contributed by atoms with Gasteiger partial charge in [-0.3, -0.25) is 9.78 Å². The minimum Gasteiger partial charge on any atom is -0.303 e. The molecule has 0 aliphatic carbocycles. The van der Waals surface area contributed by atoms with Crippen LogP contribution in [-0.2, 0) is 13.1 Å². The van der Waals surface area contributed by atoms with E-state index in [0.29, 0.717) is 11.3 Å². The van der Waals surface area contributed by atoms with Crippen molar-refractivity contribution in [1.82, 2.24) is 24.5 Å². The van der Waals surface area contributed by atoms with Crippen molar-refractivity contribution in [3.05, 3.63) is 26.5 Å². The van der Waals surface area contributed by atoms with Gasteiger partial charge in [-0.2, -0.15) is 10.2 Å². The highest BCUT2D eigenvalue weighted by Gasteiger charge is 2.12. The van der Waals surface area contributed by atoms with Crippen LogP contribution in [0.3, 0.4) is 0 Å². The van der Waals surface area contributed by atoms with E-state index in [-0.39, 0.29) is 0 Å². The summed E-state index contributed by atoms with van der Waals surface area (Å²) < 4.78 is 5.61. The zero-order valence-corrected chi connectivity index (χ0v) is 12.4. The summed E-state index contributed by atoms with van der Waals surface area (Å²) in [5.41, 5.74) is 2.08. The number of aryl methyl sites for hydroxylation is 1. The quantitative estimate of drug-likeness (QED) is 0.886. The van der Waals surface area contributed by atoms with Gasteiger partial charge in [0.15, 0.2) is 10.6 Å². The van der Waals surface area contributed by atoms with E-state index in [1.165, 1.54) is 0 Å². The van der Waals surface area contributed by atoms with E-state index < -0.39 is 0 Å². The van der Waals surface area contributed by atoms with Gasteiger partial charge >= 0.3 is 0 Å². The molecule has 0 unspecified atom stereocenters. The second-order valence-electron chi connectivity index (χ2n) is 3.83. The maximum Gasteiger partial charge on any atom is 0.195 e. The van der Waals surface area contributed by atoms with Crippen LogP contribution in [-0.4, -0.2) is 24.5 Å². The highest BCUT2D eigenvalue weighted by Crippen LogP contribution is 2.20. The molecule has 0 radical (unpaired) electrons. The molecule has 0 spiro atoms. The third kappa shape index (κ3) is 2.21. The van der Waals surface area contributed by atoms with E-state index in [1.807, 2.05) is 30.0 Å². The minimum atomic E-state index is 0.624. The molecule has 0 saturated heterocycles. The fraction of sp³-hybridized carbons (Fsp3) is 0.500. The Bertz CT molecular complexity index is 594. The van der Waals surface area contributed by atoms with Crippen molar-refractivity contribution in [3.63, 3.8) is 0 Å². The van der Waals surface area contributed by atoms with Gasteiger partial charge in [0, 0.05) is 6.54 Å². The van der Waals surface area contributed by atoms with Crippen LogP contribution < -0.4 is 0 Å². The lowest BCUT2D eigenvalue weighted by Crippen LogP contribution is -2.10. The standard InChI is InChI=1S/C10H14BrN5S/c1-4-15-8(12-13-10(15)17)5-16-7(3)9(11)6(2)14-16/h4-5H2,1-3H3,(H,13,17). The maximum atomic E-state index is 5.16. The molecular formula is C10H14BrN5S. The first-order valence-electron chi connectivity index (χ1n) is 5.38. The van der Waals surface area contributed by atoms with Gasteiger partial charge < -0.3 is 4.57 Å². The Labute approximate surface area is 113 Å². The van der Waals surface area contributed by atoms with Crippen molar-refractivity contribution in [2.24, 2.45) is 0 Å². The molecule has 2 aromatic heterocycles. The molecule has 17 heavy (non-hydrogen) atoms. The van der Waals surface area contributed by atoms with Crippen molar-refractivity contribution >= 4 is 28.1 Å². The normalized spacial score (nSPS) is 11.1. The van der Waals surface area contributed by atoms with Gasteiger partial charge in [-0.1, -0.05) is 0 Å². The largest absolute Gasteiger partial charge is 0.303 e. The lowest BCUT2D eigenvalue weighted by atomic mass is 10.4. The van der Waals surface area contributed by atoms with Crippen LogP contribution in [0.25, 0.3) is 0 Å². The second-order valence-corrected chi connectivity index (χ2v) is 5.01. The average Bonchev–Trinajstić information content (AvgIpc) is 2.76. The number of aromatic nitrogens is 5. The number of H-pyrrole nitrogens is 1. The third-order valence-corrected chi connectivity index (χ3v) is 4.20. The minimum absolute atomic E-state index is 0.624. The van der Waals surface area contributed by atoms with Gasteiger partial charge in [0.1, 0.15) is 6.54 Å². The van der Waals surface area contributed by atoms with Gasteiger partial charge in [0.25, 0.3) is 0 Å². The molecule has 0 aliphatic rings. The van der Waals surface area contributed by atoms with Gasteiger partial charge in [-0.15, -0.1) is 0 Å². The summed E-state index contributed by atoms with van der Waals surface area (Å²) in [7, 11) is 0. The van der Waals surface area contributed by atoms with Crippen LogP contribution in [0.2, 0.25) is 0 Å². The highest BCUT2D eigenvalue weighted by molar-refractivity contribution is 9.10. The molecule has 0 saturated carbocycles. The lowest BCUT2D eigenvalue weighted by molar-refractivity contribution is 0.589. The Kier molecular flexibility index (Phi) is 3.48. The van der Waals surface area contributed by atoms with Gasteiger partial charge in [0.2, 0.25) is 0 Å². The summed E-state index contributed by atoms with van der Waals surface area (Å²) in [4.78, 5) is 0. The first kappa shape index (κ1) is 12.5. The average molecular weight is 316 g/mol. The Morgan fingerprint density at radius 1 is 1.41 bits per heavy atom. The molecule has 0 aliphatic heterocycles. The van der Waals surface area contributed by atoms with E-state index in [1.54, 1.807) is 0 Å². The number of hydrogen-bond donors (Lipinski definition) is 1. The van der Waals surface area contributed by atoms with Crippen LogP contribution in [0.1, 0.15) is 24.1 Å². The predicted molar refractivity (Wildman–Crippen MR) is 71.6 cm³/mol. The van der Waals surface area contributed by atoms with Crippen molar-refractivity contribution < 1.29 is 0 Å². The summed E-state index contributed by atoms with van der Waals surface area (Å²) in [5, 5.41) is 11.5. The van der Waals surface area contributed by atoms with Crippen LogP contribution in [0.15, 0.2) is 4.47 Å². The van der Waals surface area contributed by atoms with E-state index in [2.05, 4.69) is 31.2 Å². The molecule has 5 nitrogen and oxygen atoms in total. The molecule has 92 valence electrons. The number of hydrogen-bond acceptors (Lipinski definition) is 3. The molecule has 0 fully saturated rings. The van der Waals surface area contributed by atoms with Crippen LogP contribution in [0, 0.1) is 18.6 Å². The third-order valence-electron chi connectivity index (χ3n) is 2.74. The van der Waals surface area contributed by atoms with Gasteiger partial charge in [-0.05, 0) is 48.9 Å². The number of rotatable bonds is 3. The molecule has 0 atom stereocenters. The second kappa shape index (κ2) is 4.73. The highest BCUT2D eigenvalue weighted by atomic mass is 79.9. The molecule has 0 bridgehead atoms. The molecule has 1 N–H and O–H groups in total. The Hall–Kier alpha value is -0.950. The molecule has 0 amide bonds. The first-order chi connectivity index (χ1) is 8.04. The number of nitrogens with zero attached hydrogens (tertiary/aromatic N) is 4. The molecule has 7 heteroatoms. The Balaban J connectivity index is 2.38. The summed E-state index contributed by atoms with van der Waals surface area (Å²) >= 11 is 8.67. The monoisotopic (exact) mass is 315 g/mol. The summed E-state index contributed by atoms with van der Waals surface area (Å²) in [6, 6.07) is 0. The van der Waals surface area contributed by atoms with Crippen LogP contribution >= 0.6 is 28.1 Å². The maximum absolute atomic E-state index is 5.16. The fourth-order valence-corrected chi connectivity index (χ4v) is 2.32.